The average Bonchev–Trinajstić information content (AvgIpc) is 2.25. The molecule has 0 saturated heterocycles. The number of aryl methyl sites for hydroxylation is 2. The van der Waals surface area contributed by atoms with Crippen molar-refractivity contribution in [3.63, 3.8) is 0 Å². The van der Waals surface area contributed by atoms with Crippen molar-refractivity contribution in [2.24, 2.45) is 0 Å². The number of halogens is 2. The van der Waals surface area contributed by atoms with Gasteiger partial charge in [-0.25, -0.2) is 0 Å². The third kappa shape index (κ3) is 2.71. The number of rotatable bonds is 2. The second-order valence-electron chi connectivity index (χ2n) is 4.18. The minimum absolute atomic E-state index is 0.403. The van der Waals surface area contributed by atoms with E-state index in [0.717, 1.165) is 11.3 Å². The third-order valence-corrected chi connectivity index (χ3v) is 3.12. The van der Waals surface area contributed by atoms with Crippen LogP contribution < -0.4 is 10.5 Å². The van der Waals surface area contributed by atoms with Crippen LogP contribution >= 0.6 is 23.2 Å². The van der Waals surface area contributed by atoms with E-state index in [4.69, 9.17) is 33.7 Å². The zero-order chi connectivity index (χ0) is 13.3. The topological polar surface area (TPSA) is 35.2 Å². The summed E-state index contributed by atoms with van der Waals surface area (Å²) in [5.74, 6) is 1.16. The first kappa shape index (κ1) is 13.1. The molecule has 2 aromatic carbocycles. The first-order valence-electron chi connectivity index (χ1n) is 5.47. The van der Waals surface area contributed by atoms with Crippen LogP contribution in [0.1, 0.15) is 11.1 Å². The Bertz CT molecular complexity index is 573. The van der Waals surface area contributed by atoms with Crippen LogP contribution in [-0.4, -0.2) is 0 Å². The zero-order valence-corrected chi connectivity index (χ0v) is 11.6. The third-order valence-electron chi connectivity index (χ3n) is 2.56. The van der Waals surface area contributed by atoms with Crippen molar-refractivity contribution in [3.8, 4) is 11.5 Å². The molecule has 0 radical (unpaired) electrons. The van der Waals surface area contributed by atoms with Gasteiger partial charge in [-0.2, -0.15) is 0 Å². The van der Waals surface area contributed by atoms with Crippen molar-refractivity contribution in [1.29, 1.82) is 0 Å². The molecule has 4 heteroatoms. The molecule has 0 aliphatic carbocycles. The van der Waals surface area contributed by atoms with Gasteiger partial charge in [0.25, 0.3) is 0 Å². The molecule has 0 aromatic heterocycles. The Kier molecular flexibility index (Phi) is 3.69. The highest BCUT2D eigenvalue weighted by molar-refractivity contribution is 6.37. The zero-order valence-electron chi connectivity index (χ0n) is 10.1. The van der Waals surface area contributed by atoms with Crippen LogP contribution in [0, 0.1) is 13.8 Å². The standard InChI is InChI=1S/C14H13Cl2NO/c1-8-3-4-13(9(2)5-8)18-14-11(15)6-10(17)7-12(14)16/h3-7H,17H2,1-2H3. The smallest absolute Gasteiger partial charge is 0.164 e. The molecule has 0 aliphatic rings. The summed E-state index contributed by atoms with van der Waals surface area (Å²) in [6.45, 7) is 4.00. The van der Waals surface area contributed by atoms with Crippen molar-refractivity contribution in [1.82, 2.24) is 0 Å². The molecule has 0 aliphatic heterocycles. The van der Waals surface area contributed by atoms with E-state index in [0.29, 0.717) is 21.5 Å². The van der Waals surface area contributed by atoms with Gasteiger partial charge in [0.05, 0.1) is 10.0 Å². The number of benzene rings is 2. The lowest BCUT2D eigenvalue weighted by molar-refractivity contribution is 0.479. The molecule has 18 heavy (non-hydrogen) atoms. The summed E-state index contributed by atoms with van der Waals surface area (Å²) >= 11 is 12.2. The molecule has 2 aromatic rings. The number of nitrogen functional groups attached to an aromatic ring is 1. The first-order valence-corrected chi connectivity index (χ1v) is 6.22. The predicted molar refractivity (Wildman–Crippen MR) is 76.9 cm³/mol. The van der Waals surface area contributed by atoms with Crippen molar-refractivity contribution >= 4 is 28.9 Å². The van der Waals surface area contributed by atoms with Crippen molar-refractivity contribution in [3.05, 3.63) is 51.5 Å². The molecule has 0 fully saturated rings. The Morgan fingerprint density at radius 3 is 2.17 bits per heavy atom. The molecule has 0 unspecified atom stereocenters. The molecule has 0 amide bonds. The molecule has 94 valence electrons. The van der Waals surface area contributed by atoms with Gasteiger partial charge >= 0.3 is 0 Å². The molecule has 0 heterocycles. The molecule has 0 bridgehead atoms. The summed E-state index contributed by atoms with van der Waals surface area (Å²) in [6.07, 6.45) is 0. The van der Waals surface area contributed by atoms with E-state index in [9.17, 15) is 0 Å². The Morgan fingerprint density at radius 1 is 1.00 bits per heavy atom. The normalized spacial score (nSPS) is 10.4. The molecular weight excluding hydrogens is 269 g/mol. The van der Waals surface area contributed by atoms with E-state index < -0.39 is 0 Å². The van der Waals surface area contributed by atoms with Crippen LogP contribution in [0.4, 0.5) is 5.69 Å². The van der Waals surface area contributed by atoms with Crippen LogP contribution in [0.5, 0.6) is 11.5 Å². The summed E-state index contributed by atoms with van der Waals surface area (Å²) in [5, 5.41) is 0.806. The second kappa shape index (κ2) is 5.09. The fourth-order valence-corrected chi connectivity index (χ4v) is 2.28. The van der Waals surface area contributed by atoms with Gasteiger partial charge in [-0.15, -0.1) is 0 Å². The minimum Gasteiger partial charge on any atom is -0.454 e. The molecule has 2 rings (SSSR count). The Hall–Kier alpha value is -1.38. The molecule has 2 N–H and O–H groups in total. The molecule has 2 nitrogen and oxygen atoms in total. The van der Waals surface area contributed by atoms with Crippen LogP contribution in [0.15, 0.2) is 30.3 Å². The second-order valence-corrected chi connectivity index (χ2v) is 5.00. The maximum Gasteiger partial charge on any atom is 0.164 e. The maximum absolute atomic E-state index is 6.08. The van der Waals surface area contributed by atoms with E-state index in [-0.39, 0.29) is 0 Å². The van der Waals surface area contributed by atoms with Gasteiger partial charge in [0.15, 0.2) is 5.75 Å². The fraction of sp³-hybridized carbons (Fsp3) is 0.143. The Morgan fingerprint density at radius 2 is 1.61 bits per heavy atom. The quantitative estimate of drug-likeness (QED) is 0.788. The van der Waals surface area contributed by atoms with Crippen LogP contribution in [0.2, 0.25) is 10.0 Å². The number of nitrogens with two attached hydrogens (primary N) is 1. The van der Waals surface area contributed by atoms with Gasteiger partial charge in [-0.3, -0.25) is 0 Å². The number of hydrogen-bond donors (Lipinski definition) is 1. The monoisotopic (exact) mass is 281 g/mol. The Labute approximate surface area is 116 Å². The number of hydrogen-bond acceptors (Lipinski definition) is 2. The highest BCUT2D eigenvalue weighted by Crippen LogP contribution is 2.38. The fourth-order valence-electron chi connectivity index (χ4n) is 1.70. The SMILES string of the molecule is Cc1ccc(Oc2c(Cl)cc(N)cc2Cl)c(C)c1. The molecule has 0 spiro atoms. The van der Waals surface area contributed by atoms with Gasteiger partial charge in [0.2, 0.25) is 0 Å². The molecule has 0 saturated carbocycles. The number of anilines is 1. The summed E-state index contributed by atoms with van der Waals surface area (Å²) in [5.41, 5.74) is 8.36. The highest BCUT2D eigenvalue weighted by atomic mass is 35.5. The summed E-state index contributed by atoms with van der Waals surface area (Å²) in [4.78, 5) is 0. The van der Waals surface area contributed by atoms with Gasteiger partial charge in [0, 0.05) is 5.69 Å². The highest BCUT2D eigenvalue weighted by Gasteiger charge is 2.11. The van der Waals surface area contributed by atoms with Gasteiger partial charge < -0.3 is 10.5 Å². The largest absolute Gasteiger partial charge is 0.454 e. The van der Waals surface area contributed by atoms with Crippen molar-refractivity contribution < 1.29 is 4.74 Å². The lowest BCUT2D eigenvalue weighted by Gasteiger charge is -2.12. The minimum atomic E-state index is 0.403. The van der Waals surface area contributed by atoms with E-state index in [1.54, 1.807) is 12.1 Å². The number of ether oxygens (including phenoxy) is 1. The van der Waals surface area contributed by atoms with Crippen LogP contribution in [-0.2, 0) is 0 Å². The summed E-state index contributed by atoms with van der Waals surface area (Å²) in [6, 6.07) is 9.14. The lowest BCUT2D eigenvalue weighted by Crippen LogP contribution is -1.92. The van der Waals surface area contributed by atoms with Gasteiger partial charge in [-0.05, 0) is 37.6 Å². The molecular formula is C14H13Cl2NO. The maximum atomic E-state index is 6.08. The van der Waals surface area contributed by atoms with Crippen molar-refractivity contribution in [2.75, 3.05) is 5.73 Å². The average molecular weight is 282 g/mol. The van der Waals surface area contributed by atoms with Crippen molar-refractivity contribution in [2.45, 2.75) is 13.8 Å². The van der Waals surface area contributed by atoms with E-state index >= 15 is 0 Å². The summed E-state index contributed by atoms with van der Waals surface area (Å²) < 4.78 is 5.76. The van der Waals surface area contributed by atoms with Gasteiger partial charge in [-0.1, -0.05) is 40.9 Å². The predicted octanol–water partition coefficient (Wildman–Crippen LogP) is 4.98. The van der Waals surface area contributed by atoms with Crippen LogP contribution in [0.25, 0.3) is 0 Å². The van der Waals surface area contributed by atoms with Gasteiger partial charge in [0.1, 0.15) is 5.75 Å². The first-order chi connectivity index (χ1) is 8.47. The Balaban J connectivity index is 2.40. The molecule has 0 atom stereocenters. The van der Waals surface area contributed by atoms with Crippen LogP contribution in [0.3, 0.4) is 0 Å². The van der Waals surface area contributed by atoms with E-state index in [1.165, 1.54) is 5.56 Å². The summed E-state index contributed by atoms with van der Waals surface area (Å²) in [7, 11) is 0. The lowest BCUT2D eigenvalue weighted by atomic mass is 10.1. The van der Waals surface area contributed by atoms with E-state index in [1.807, 2.05) is 32.0 Å². The van der Waals surface area contributed by atoms with E-state index in [2.05, 4.69) is 0 Å².